The van der Waals surface area contributed by atoms with E-state index in [1.165, 1.54) is 0 Å². The van der Waals surface area contributed by atoms with Crippen LogP contribution in [0, 0.1) is 6.23 Å². The summed E-state index contributed by atoms with van der Waals surface area (Å²) in [5.41, 5.74) is 5.32. The molecule has 0 amide bonds. The molecule has 0 spiro atoms. The minimum Gasteiger partial charge on any atom is -0.468 e. The standard InChI is InChI=1S/C8H10NO/c1-7(9)10-8-5-3-2-4-6-8/h2-6H,9H2,1H3. The Morgan fingerprint density at radius 1 is 1.30 bits per heavy atom. The maximum absolute atomic E-state index is 5.32. The van der Waals surface area contributed by atoms with Crippen molar-refractivity contribution in [1.82, 2.24) is 0 Å². The van der Waals surface area contributed by atoms with Crippen LogP contribution in [0.25, 0.3) is 0 Å². The van der Waals surface area contributed by atoms with Crippen LogP contribution in [0.1, 0.15) is 6.92 Å². The second-order valence-corrected chi connectivity index (χ2v) is 2.03. The first-order valence-electron chi connectivity index (χ1n) is 3.11. The van der Waals surface area contributed by atoms with Crippen molar-refractivity contribution in [3.8, 4) is 5.75 Å². The lowest BCUT2D eigenvalue weighted by Crippen LogP contribution is -2.12. The highest BCUT2D eigenvalue weighted by atomic mass is 16.5. The Morgan fingerprint density at radius 2 is 1.90 bits per heavy atom. The monoisotopic (exact) mass is 136 g/mol. The molecule has 0 aromatic heterocycles. The first kappa shape index (κ1) is 7.09. The van der Waals surface area contributed by atoms with Crippen LogP contribution in [0.3, 0.4) is 0 Å². The van der Waals surface area contributed by atoms with Gasteiger partial charge >= 0.3 is 0 Å². The topological polar surface area (TPSA) is 35.2 Å². The minimum absolute atomic E-state index is 0.464. The van der Waals surface area contributed by atoms with E-state index in [1.807, 2.05) is 30.3 Å². The van der Waals surface area contributed by atoms with Gasteiger partial charge in [-0.2, -0.15) is 0 Å². The van der Waals surface area contributed by atoms with Crippen LogP contribution < -0.4 is 10.5 Å². The molecule has 0 aliphatic rings. The van der Waals surface area contributed by atoms with Gasteiger partial charge in [-0.1, -0.05) is 18.2 Å². The first-order valence-corrected chi connectivity index (χ1v) is 3.11. The van der Waals surface area contributed by atoms with Gasteiger partial charge in [0.25, 0.3) is 0 Å². The van der Waals surface area contributed by atoms with Gasteiger partial charge in [0.05, 0.1) is 0 Å². The van der Waals surface area contributed by atoms with Crippen LogP contribution in [0.4, 0.5) is 0 Å². The SMILES string of the molecule is C[C](N)Oc1ccccc1. The third-order valence-electron chi connectivity index (χ3n) is 1.02. The minimum atomic E-state index is 0.464. The van der Waals surface area contributed by atoms with Crippen LogP contribution in [0.15, 0.2) is 30.3 Å². The summed E-state index contributed by atoms with van der Waals surface area (Å²) in [6.07, 6.45) is 0.464. The van der Waals surface area contributed by atoms with Crippen molar-refractivity contribution in [2.45, 2.75) is 6.92 Å². The van der Waals surface area contributed by atoms with Gasteiger partial charge in [0, 0.05) is 0 Å². The van der Waals surface area contributed by atoms with Gasteiger partial charge in [0.1, 0.15) is 5.75 Å². The van der Waals surface area contributed by atoms with Crippen molar-refractivity contribution >= 4 is 0 Å². The zero-order valence-electron chi connectivity index (χ0n) is 5.87. The lowest BCUT2D eigenvalue weighted by Gasteiger charge is -2.06. The molecule has 0 aliphatic carbocycles. The average Bonchev–Trinajstić information content (AvgIpc) is 1.88. The molecule has 0 bridgehead atoms. The van der Waals surface area contributed by atoms with E-state index in [4.69, 9.17) is 10.5 Å². The van der Waals surface area contributed by atoms with Crippen molar-refractivity contribution in [1.29, 1.82) is 0 Å². The second kappa shape index (κ2) is 3.22. The van der Waals surface area contributed by atoms with Gasteiger partial charge in [-0.25, -0.2) is 0 Å². The third kappa shape index (κ3) is 2.07. The van der Waals surface area contributed by atoms with Crippen LogP contribution in [-0.4, -0.2) is 0 Å². The molecule has 2 nitrogen and oxygen atoms in total. The summed E-state index contributed by atoms with van der Waals surface area (Å²) >= 11 is 0. The van der Waals surface area contributed by atoms with Crippen molar-refractivity contribution in [3.63, 3.8) is 0 Å². The Labute approximate surface area is 60.6 Å². The van der Waals surface area contributed by atoms with Crippen LogP contribution >= 0.6 is 0 Å². The lowest BCUT2D eigenvalue weighted by molar-refractivity contribution is 0.335. The predicted octanol–water partition coefficient (Wildman–Crippen LogP) is 1.53. The second-order valence-electron chi connectivity index (χ2n) is 2.03. The fraction of sp³-hybridized carbons (Fsp3) is 0.125. The molecule has 1 rings (SSSR count). The number of hydrogen-bond acceptors (Lipinski definition) is 2. The summed E-state index contributed by atoms with van der Waals surface area (Å²) in [6.45, 7) is 1.72. The molecule has 10 heavy (non-hydrogen) atoms. The third-order valence-corrected chi connectivity index (χ3v) is 1.02. The van der Waals surface area contributed by atoms with E-state index >= 15 is 0 Å². The van der Waals surface area contributed by atoms with E-state index in [0.717, 1.165) is 5.75 Å². The van der Waals surface area contributed by atoms with Gasteiger partial charge < -0.3 is 4.74 Å². The van der Waals surface area contributed by atoms with E-state index in [9.17, 15) is 0 Å². The maximum Gasteiger partial charge on any atom is 0.208 e. The molecule has 0 aliphatic heterocycles. The van der Waals surface area contributed by atoms with E-state index in [-0.39, 0.29) is 0 Å². The van der Waals surface area contributed by atoms with Crippen molar-refractivity contribution in [2.75, 3.05) is 0 Å². The summed E-state index contributed by atoms with van der Waals surface area (Å²) in [5.74, 6) is 0.780. The van der Waals surface area contributed by atoms with E-state index in [2.05, 4.69) is 0 Å². The highest BCUT2D eigenvalue weighted by Crippen LogP contribution is 2.10. The molecule has 53 valence electrons. The first-order chi connectivity index (χ1) is 4.79. The summed E-state index contributed by atoms with van der Waals surface area (Å²) < 4.78 is 5.11. The number of nitrogens with two attached hydrogens (primary N) is 1. The average molecular weight is 136 g/mol. The Kier molecular flexibility index (Phi) is 2.29. The molecule has 2 heteroatoms. The smallest absolute Gasteiger partial charge is 0.208 e. The predicted molar refractivity (Wildman–Crippen MR) is 40.2 cm³/mol. The molecular weight excluding hydrogens is 126 g/mol. The van der Waals surface area contributed by atoms with Gasteiger partial charge in [-0.3, -0.25) is 5.73 Å². The lowest BCUT2D eigenvalue weighted by atomic mass is 10.3. The molecule has 1 aromatic carbocycles. The van der Waals surface area contributed by atoms with Crippen molar-refractivity contribution in [2.24, 2.45) is 5.73 Å². The summed E-state index contributed by atoms with van der Waals surface area (Å²) in [5, 5.41) is 0. The van der Waals surface area contributed by atoms with Crippen LogP contribution in [-0.2, 0) is 0 Å². The Morgan fingerprint density at radius 3 is 2.40 bits per heavy atom. The van der Waals surface area contributed by atoms with Gasteiger partial charge in [-0.05, 0) is 19.1 Å². The Hall–Kier alpha value is -1.02. The molecular formula is C8H10NO. The molecule has 0 atom stereocenters. The molecule has 0 heterocycles. The molecule has 0 saturated carbocycles. The number of ether oxygens (including phenoxy) is 1. The summed E-state index contributed by atoms with van der Waals surface area (Å²) in [6, 6.07) is 9.45. The number of rotatable bonds is 2. The fourth-order valence-electron chi connectivity index (χ4n) is 0.674. The summed E-state index contributed by atoms with van der Waals surface area (Å²) in [7, 11) is 0. The van der Waals surface area contributed by atoms with Gasteiger partial charge in [0.15, 0.2) is 0 Å². The van der Waals surface area contributed by atoms with E-state index in [1.54, 1.807) is 6.92 Å². The zero-order valence-corrected chi connectivity index (χ0v) is 5.87. The molecule has 0 fully saturated rings. The Balaban J connectivity index is 2.59. The molecule has 1 radical (unpaired) electrons. The molecule has 1 aromatic rings. The quantitative estimate of drug-likeness (QED) is 0.669. The van der Waals surface area contributed by atoms with Gasteiger partial charge in [0.2, 0.25) is 6.23 Å². The number of hydrogen-bond donors (Lipinski definition) is 1. The largest absolute Gasteiger partial charge is 0.468 e. The number of para-hydroxylation sites is 1. The van der Waals surface area contributed by atoms with Crippen LogP contribution in [0.2, 0.25) is 0 Å². The summed E-state index contributed by atoms with van der Waals surface area (Å²) in [4.78, 5) is 0. The number of benzene rings is 1. The van der Waals surface area contributed by atoms with Gasteiger partial charge in [-0.15, -0.1) is 0 Å². The normalized spacial score (nSPS) is 9.90. The van der Waals surface area contributed by atoms with Crippen molar-refractivity contribution in [3.05, 3.63) is 36.6 Å². The Bertz CT molecular complexity index is 184. The zero-order chi connectivity index (χ0) is 7.40. The highest BCUT2D eigenvalue weighted by Gasteiger charge is 1.94. The van der Waals surface area contributed by atoms with E-state index < -0.39 is 0 Å². The molecule has 0 saturated heterocycles. The highest BCUT2D eigenvalue weighted by molar-refractivity contribution is 5.21. The molecule has 0 unspecified atom stereocenters. The maximum atomic E-state index is 5.32. The van der Waals surface area contributed by atoms with Crippen molar-refractivity contribution < 1.29 is 4.74 Å². The van der Waals surface area contributed by atoms with E-state index in [0.29, 0.717) is 6.23 Å². The van der Waals surface area contributed by atoms with Crippen LogP contribution in [0.5, 0.6) is 5.75 Å². The molecule has 2 N–H and O–H groups in total. The fourth-order valence-corrected chi connectivity index (χ4v) is 0.674.